The molecule has 0 N–H and O–H groups in total. The van der Waals surface area contributed by atoms with Crippen LogP contribution < -0.4 is 0 Å². The second-order valence-corrected chi connectivity index (χ2v) is 5.22. The monoisotopic (exact) mass is 252 g/mol. The number of halogens is 1. The van der Waals surface area contributed by atoms with E-state index >= 15 is 0 Å². The minimum atomic E-state index is -3.40. The lowest BCUT2D eigenvalue weighted by molar-refractivity contribution is 0.392. The summed E-state index contributed by atoms with van der Waals surface area (Å²) in [7, 11) is -2.22. The van der Waals surface area contributed by atoms with E-state index < -0.39 is 15.4 Å². The van der Waals surface area contributed by atoms with Gasteiger partial charge < -0.3 is 0 Å². The zero-order chi connectivity index (χ0) is 9.19. The number of rotatable bonds is 2. The topological polar surface area (TPSA) is 43.4 Å². The molecule has 0 bridgehead atoms. The van der Waals surface area contributed by atoms with E-state index in [2.05, 4.69) is 20.1 Å². The molecule has 0 saturated heterocycles. The van der Waals surface area contributed by atoms with Gasteiger partial charge in [0.2, 0.25) is 0 Å². The molecule has 0 aromatic heterocycles. The predicted molar refractivity (Wildman–Crippen MR) is 50.5 cm³/mol. The Hall–Kier alpha value is -0.130. The van der Waals surface area contributed by atoms with Gasteiger partial charge >= 0.3 is 0 Å². The lowest BCUT2D eigenvalue weighted by Gasteiger charge is -2.12. The SMILES string of the molecule is COS(=O)(=O)C1C=CC(Br)=CC1. The standard InChI is InChI=1S/C7H9BrO3S/c1-11-12(9,10)7-4-2-6(8)3-5-7/h2-4,7H,5H2,1H3. The highest BCUT2D eigenvalue weighted by Gasteiger charge is 2.22. The molecule has 5 heteroatoms. The smallest absolute Gasteiger partial charge is 0.273 e. The molecule has 1 atom stereocenters. The van der Waals surface area contributed by atoms with Crippen molar-refractivity contribution in [3.63, 3.8) is 0 Å². The van der Waals surface area contributed by atoms with Crippen LogP contribution in [0.3, 0.4) is 0 Å². The maximum Gasteiger partial charge on any atom is 0.273 e. The molecule has 0 aromatic rings. The Labute approximate surface area is 80.4 Å². The van der Waals surface area contributed by atoms with Crippen LogP contribution in [-0.2, 0) is 14.3 Å². The van der Waals surface area contributed by atoms with Crippen molar-refractivity contribution < 1.29 is 12.6 Å². The van der Waals surface area contributed by atoms with E-state index in [1.165, 1.54) is 7.11 Å². The van der Waals surface area contributed by atoms with Crippen LogP contribution in [-0.4, -0.2) is 20.8 Å². The third-order valence-corrected chi connectivity index (χ3v) is 3.76. The van der Waals surface area contributed by atoms with Crippen LogP contribution in [0.1, 0.15) is 6.42 Å². The maximum atomic E-state index is 11.1. The van der Waals surface area contributed by atoms with Crippen molar-refractivity contribution >= 4 is 26.0 Å². The summed E-state index contributed by atoms with van der Waals surface area (Å²) < 4.78 is 27.6. The predicted octanol–water partition coefficient (Wildman–Crippen LogP) is 1.57. The average Bonchev–Trinajstić information content (AvgIpc) is 2.05. The third kappa shape index (κ3) is 2.18. The third-order valence-electron chi connectivity index (χ3n) is 1.62. The van der Waals surface area contributed by atoms with E-state index in [0.29, 0.717) is 6.42 Å². The first-order valence-electron chi connectivity index (χ1n) is 3.39. The molecule has 1 rings (SSSR count). The minimum Gasteiger partial charge on any atom is -0.273 e. The molecule has 1 aliphatic rings. The molecule has 12 heavy (non-hydrogen) atoms. The number of hydrogen-bond donors (Lipinski definition) is 0. The van der Waals surface area contributed by atoms with Crippen LogP contribution in [0.25, 0.3) is 0 Å². The number of allylic oxidation sites excluding steroid dienone is 3. The quantitative estimate of drug-likeness (QED) is 0.701. The van der Waals surface area contributed by atoms with E-state index in [1.54, 1.807) is 18.2 Å². The second-order valence-electron chi connectivity index (χ2n) is 2.38. The summed E-state index contributed by atoms with van der Waals surface area (Å²) >= 11 is 3.24. The molecule has 0 aromatic carbocycles. The Morgan fingerprint density at radius 1 is 1.67 bits per heavy atom. The zero-order valence-electron chi connectivity index (χ0n) is 6.53. The van der Waals surface area contributed by atoms with E-state index in [0.717, 1.165) is 4.48 Å². The van der Waals surface area contributed by atoms with Gasteiger partial charge in [0, 0.05) is 4.48 Å². The summed E-state index contributed by atoms with van der Waals surface area (Å²) in [6.07, 6.45) is 5.60. The Morgan fingerprint density at radius 2 is 2.33 bits per heavy atom. The molecule has 1 unspecified atom stereocenters. The largest absolute Gasteiger partial charge is 0.273 e. The summed E-state index contributed by atoms with van der Waals surface area (Å²) in [5.41, 5.74) is 0. The lowest BCUT2D eigenvalue weighted by Crippen LogP contribution is -2.20. The minimum absolute atomic E-state index is 0.466. The highest BCUT2D eigenvalue weighted by molar-refractivity contribution is 9.11. The Kier molecular flexibility index (Phi) is 3.09. The Balaban J connectivity index is 2.78. The molecule has 1 aliphatic carbocycles. The van der Waals surface area contributed by atoms with Crippen molar-refractivity contribution in [3.8, 4) is 0 Å². The molecule has 0 spiro atoms. The fourth-order valence-electron chi connectivity index (χ4n) is 0.912. The van der Waals surface area contributed by atoms with Crippen molar-refractivity contribution in [1.82, 2.24) is 0 Å². The van der Waals surface area contributed by atoms with E-state index in [4.69, 9.17) is 0 Å². The first-order valence-corrected chi connectivity index (χ1v) is 5.66. The van der Waals surface area contributed by atoms with Crippen LogP contribution in [0.2, 0.25) is 0 Å². The van der Waals surface area contributed by atoms with Crippen molar-refractivity contribution in [2.75, 3.05) is 7.11 Å². The average molecular weight is 253 g/mol. The Bertz CT molecular complexity index is 316. The van der Waals surface area contributed by atoms with Crippen LogP contribution in [0.15, 0.2) is 22.7 Å². The van der Waals surface area contributed by atoms with Gasteiger partial charge in [-0.2, -0.15) is 8.42 Å². The summed E-state index contributed by atoms with van der Waals surface area (Å²) in [5, 5.41) is -0.538. The molecule has 0 amide bonds. The molecular weight excluding hydrogens is 244 g/mol. The van der Waals surface area contributed by atoms with Gasteiger partial charge in [0.25, 0.3) is 10.1 Å². The van der Waals surface area contributed by atoms with Crippen LogP contribution in [0, 0.1) is 0 Å². The lowest BCUT2D eigenvalue weighted by atomic mass is 10.2. The van der Waals surface area contributed by atoms with Gasteiger partial charge in [-0.3, -0.25) is 4.18 Å². The van der Waals surface area contributed by atoms with E-state index in [-0.39, 0.29) is 0 Å². The second kappa shape index (κ2) is 3.72. The highest BCUT2D eigenvalue weighted by Crippen LogP contribution is 2.20. The molecule has 0 fully saturated rings. The highest BCUT2D eigenvalue weighted by atomic mass is 79.9. The first kappa shape index (κ1) is 9.95. The fraction of sp³-hybridized carbons (Fsp3) is 0.429. The molecule has 0 saturated carbocycles. The summed E-state index contributed by atoms with van der Waals surface area (Å²) in [4.78, 5) is 0. The normalized spacial score (nSPS) is 23.8. The molecule has 3 nitrogen and oxygen atoms in total. The van der Waals surface area contributed by atoms with Crippen LogP contribution in [0.5, 0.6) is 0 Å². The zero-order valence-corrected chi connectivity index (χ0v) is 8.93. The summed E-state index contributed by atoms with van der Waals surface area (Å²) in [6, 6.07) is 0. The Morgan fingerprint density at radius 3 is 2.75 bits per heavy atom. The summed E-state index contributed by atoms with van der Waals surface area (Å²) in [5.74, 6) is 0. The van der Waals surface area contributed by atoms with Crippen LogP contribution in [0.4, 0.5) is 0 Å². The van der Waals surface area contributed by atoms with Gasteiger partial charge in [-0.05, 0) is 6.42 Å². The maximum absolute atomic E-state index is 11.1. The van der Waals surface area contributed by atoms with E-state index in [9.17, 15) is 8.42 Å². The van der Waals surface area contributed by atoms with Gasteiger partial charge in [-0.25, -0.2) is 0 Å². The van der Waals surface area contributed by atoms with Crippen molar-refractivity contribution in [2.45, 2.75) is 11.7 Å². The molecule has 68 valence electrons. The van der Waals surface area contributed by atoms with Crippen molar-refractivity contribution in [2.24, 2.45) is 0 Å². The molecule has 0 aliphatic heterocycles. The number of hydrogen-bond acceptors (Lipinski definition) is 3. The van der Waals surface area contributed by atoms with Crippen molar-refractivity contribution in [3.05, 3.63) is 22.7 Å². The first-order chi connectivity index (χ1) is 5.56. The van der Waals surface area contributed by atoms with Gasteiger partial charge in [0.1, 0.15) is 5.25 Å². The molecular formula is C7H9BrO3S. The van der Waals surface area contributed by atoms with Gasteiger partial charge in [0.05, 0.1) is 7.11 Å². The van der Waals surface area contributed by atoms with Crippen LogP contribution >= 0.6 is 15.9 Å². The van der Waals surface area contributed by atoms with Crippen molar-refractivity contribution in [1.29, 1.82) is 0 Å². The van der Waals surface area contributed by atoms with Gasteiger partial charge in [-0.15, -0.1) is 0 Å². The molecule has 0 heterocycles. The fourth-order valence-corrected chi connectivity index (χ4v) is 2.10. The molecule has 0 radical (unpaired) electrons. The summed E-state index contributed by atoms with van der Waals surface area (Å²) in [6.45, 7) is 0. The van der Waals surface area contributed by atoms with Gasteiger partial charge in [0.15, 0.2) is 0 Å². The van der Waals surface area contributed by atoms with E-state index in [1.807, 2.05) is 0 Å². The van der Waals surface area contributed by atoms with Gasteiger partial charge in [-0.1, -0.05) is 34.2 Å².